The van der Waals surface area contributed by atoms with Crippen LogP contribution in [0.3, 0.4) is 0 Å². The highest BCUT2D eigenvalue weighted by atomic mass is 19.2. The zero-order valence-corrected chi connectivity index (χ0v) is 16.7. The molecule has 5 heteroatoms. The minimum atomic E-state index is -1.41. The fraction of sp³-hybridized carbons (Fsp3) is 0.417. The molecule has 2 aromatic carbocycles. The van der Waals surface area contributed by atoms with Crippen LogP contribution in [0.5, 0.6) is 5.75 Å². The van der Waals surface area contributed by atoms with Crippen molar-refractivity contribution in [2.24, 2.45) is 0 Å². The van der Waals surface area contributed by atoms with Crippen molar-refractivity contribution < 1.29 is 17.9 Å². The lowest BCUT2D eigenvalue weighted by atomic mass is 9.85. The second-order valence-electron chi connectivity index (χ2n) is 7.96. The van der Waals surface area contributed by atoms with E-state index >= 15 is 0 Å². The minimum absolute atomic E-state index is 0.174. The Labute approximate surface area is 170 Å². The van der Waals surface area contributed by atoms with Crippen molar-refractivity contribution in [2.75, 3.05) is 26.2 Å². The molecule has 2 aliphatic rings. The first-order valence-corrected chi connectivity index (χ1v) is 10.3. The summed E-state index contributed by atoms with van der Waals surface area (Å²) in [5.41, 5.74) is 5.72. The van der Waals surface area contributed by atoms with Crippen molar-refractivity contribution in [3.05, 3.63) is 70.0 Å². The number of likely N-dealkylation sites (tertiary alicyclic amines) is 1. The lowest BCUT2D eigenvalue weighted by Gasteiger charge is -2.33. The van der Waals surface area contributed by atoms with Gasteiger partial charge in [-0.3, -0.25) is 4.90 Å². The summed E-state index contributed by atoms with van der Waals surface area (Å²) in [6.45, 7) is 6.12. The van der Waals surface area contributed by atoms with Crippen LogP contribution in [-0.2, 0) is 12.8 Å². The lowest BCUT2D eigenvalue weighted by molar-refractivity contribution is 0.197. The number of aryl methyl sites for hydroxylation is 2. The first kappa shape index (κ1) is 20.0. The summed E-state index contributed by atoms with van der Waals surface area (Å²) in [6, 6.07) is 8.46. The van der Waals surface area contributed by atoms with Gasteiger partial charge < -0.3 is 4.74 Å². The van der Waals surface area contributed by atoms with Gasteiger partial charge in [0.1, 0.15) is 5.75 Å². The fourth-order valence-electron chi connectivity index (χ4n) is 4.12. The quantitative estimate of drug-likeness (QED) is 0.446. The molecular formula is C24H26F3NO. The summed E-state index contributed by atoms with van der Waals surface area (Å²) in [5.74, 6) is -2.87. The maximum absolute atomic E-state index is 13.7. The molecule has 0 saturated carbocycles. The standard InChI is InChI=1S/C24H26F3NO/c1-16-19(15-28-11-3-12-28)6-5-18-14-20(8-9-21(16)18)29-13-2-4-17-7-10-22(25)24(27)23(17)26/h7-10,14H,2-6,11-13,15H2,1H3. The molecule has 29 heavy (non-hydrogen) atoms. The molecule has 1 heterocycles. The third kappa shape index (κ3) is 4.35. The Morgan fingerprint density at radius 1 is 1.00 bits per heavy atom. The van der Waals surface area contributed by atoms with Gasteiger partial charge in [-0.1, -0.05) is 17.7 Å². The summed E-state index contributed by atoms with van der Waals surface area (Å²) in [4.78, 5) is 2.50. The van der Waals surface area contributed by atoms with Gasteiger partial charge in [0.05, 0.1) is 6.61 Å². The molecule has 0 N–H and O–H groups in total. The highest BCUT2D eigenvalue weighted by Crippen LogP contribution is 2.34. The maximum Gasteiger partial charge on any atom is 0.194 e. The highest BCUT2D eigenvalue weighted by Gasteiger charge is 2.21. The molecule has 0 unspecified atom stereocenters. The van der Waals surface area contributed by atoms with Crippen molar-refractivity contribution >= 4 is 5.57 Å². The molecule has 2 aromatic rings. The molecule has 2 nitrogen and oxygen atoms in total. The monoisotopic (exact) mass is 401 g/mol. The van der Waals surface area contributed by atoms with E-state index in [0.717, 1.165) is 31.2 Å². The van der Waals surface area contributed by atoms with Crippen LogP contribution in [0.4, 0.5) is 13.2 Å². The number of nitrogens with zero attached hydrogens (tertiary/aromatic N) is 1. The van der Waals surface area contributed by atoms with Crippen molar-refractivity contribution in [3.8, 4) is 5.75 Å². The smallest absolute Gasteiger partial charge is 0.194 e. The molecular weight excluding hydrogens is 375 g/mol. The van der Waals surface area contributed by atoms with Gasteiger partial charge in [0.25, 0.3) is 0 Å². The van der Waals surface area contributed by atoms with Gasteiger partial charge in [0.2, 0.25) is 0 Å². The molecule has 0 bridgehead atoms. The van der Waals surface area contributed by atoms with Crippen molar-refractivity contribution in [1.29, 1.82) is 0 Å². The van der Waals surface area contributed by atoms with Crippen LogP contribution in [0.1, 0.15) is 42.9 Å². The predicted molar refractivity (Wildman–Crippen MR) is 109 cm³/mol. The second kappa shape index (κ2) is 8.62. The number of ether oxygens (including phenoxy) is 1. The first-order chi connectivity index (χ1) is 14.0. The summed E-state index contributed by atoms with van der Waals surface area (Å²) < 4.78 is 45.8. The van der Waals surface area contributed by atoms with Crippen LogP contribution in [0, 0.1) is 17.5 Å². The maximum atomic E-state index is 13.7. The molecule has 1 saturated heterocycles. The van der Waals surface area contributed by atoms with Crippen molar-refractivity contribution in [2.45, 2.75) is 39.0 Å². The summed E-state index contributed by atoms with van der Waals surface area (Å²) in [5, 5.41) is 0. The average molecular weight is 401 g/mol. The Bertz CT molecular complexity index is 934. The highest BCUT2D eigenvalue weighted by molar-refractivity contribution is 5.72. The van der Waals surface area contributed by atoms with Crippen LogP contribution in [0.2, 0.25) is 0 Å². The van der Waals surface area contributed by atoms with E-state index in [9.17, 15) is 13.2 Å². The number of hydrogen-bond acceptors (Lipinski definition) is 2. The van der Waals surface area contributed by atoms with E-state index in [-0.39, 0.29) is 5.56 Å². The van der Waals surface area contributed by atoms with E-state index in [2.05, 4.69) is 24.0 Å². The topological polar surface area (TPSA) is 12.5 Å². The molecule has 0 amide bonds. The van der Waals surface area contributed by atoms with E-state index in [1.807, 2.05) is 6.07 Å². The zero-order chi connectivity index (χ0) is 20.4. The number of benzene rings is 2. The molecule has 0 atom stereocenters. The molecule has 0 spiro atoms. The van der Waals surface area contributed by atoms with Crippen LogP contribution in [-0.4, -0.2) is 31.1 Å². The molecule has 1 fully saturated rings. The average Bonchev–Trinajstić information content (AvgIpc) is 2.69. The van der Waals surface area contributed by atoms with Gasteiger partial charge in [-0.05, 0) is 92.6 Å². The third-order valence-corrected chi connectivity index (χ3v) is 6.04. The lowest BCUT2D eigenvalue weighted by Crippen LogP contribution is -2.38. The molecule has 1 aliphatic carbocycles. The normalized spacial score (nSPS) is 16.6. The molecule has 0 radical (unpaired) electrons. The van der Waals surface area contributed by atoms with E-state index in [4.69, 9.17) is 4.74 Å². The molecule has 0 aromatic heterocycles. The van der Waals surface area contributed by atoms with Crippen LogP contribution in [0.15, 0.2) is 35.9 Å². The van der Waals surface area contributed by atoms with Gasteiger partial charge in [-0.15, -0.1) is 0 Å². The Morgan fingerprint density at radius 2 is 1.83 bits per heavy atom. The van der Waals surface area contributed by atoms with Crippen molar-refractivity contribution in [1.82, 2.24) is 4.90 Å². The Balaban J connectivity index is 1.34. The second-order valence-corrected chi connectivity index (χ2v) is 7.96. The van der Waals surface area contributed by atoms with E-state index in [0.29, 0.717) is 19.4 Å². The van der Waals surface area contributed by atoms with E-state index in [1.165, 1.54) is 42.3 Å². The largest absolute Gasteiger partial charge is 0.494 e. The molecule has 1 aliphatic heterocycles. The first-order valence-electron chi connectivity index (χ1n) is 10.3. The van der Waals surface area contributed by atoms with E-state index < -0.39 is 17.5 Å². The molecule has 4 rings (SSSR count). The number of halogens is 3. The van der Waals surface area contributed by atoms with Gasteiger partial charge in [0, 0.05) is 6.54 Å². The third-order valence-electron chi connectivity index (χ3n) is 6.04. The number of hydrogen-bond donors (Lipinski definition) is 0. The van der Waals surface area contributed by atoms with Crippen LogP contribution in [0.25, 0.3) is 5.57 Å². The van der Waals surface area contributed by atoms with Gasteiger partial charge in [0.15, 0.2) is 17.5 Å². The molecule has 154 valence electrons. The Kier molecular flexibility index (Phi) is 5.95. The summed E-state index contributed by atoms with van der Waals surface area (Å²) in [6.07, 6.45) is 4.25. The number of fused-ring (bicyclic) bond motifs is 1. The Morgan fingerprint density at radius 3 is 2.59 bits per heavy atom. The van der Waals surface area contributed by atoms with Gasteiger partial charge in [-0.25, -0.2) is 13.2 Å². The van der Waals surface area contributed by atoms with Crippen molar-refractivity contribution in [3.63, 3.8) is 0 Å². The minimum Gasteiger partial charge on any atom is -0.494 e. The van der Waals surface area contributed by atoms with Crippen LogP contribution >= 0.6 is 0 Å². The van der Waals surface area contributed by atoms with Crippen LogP contribution < -0.4 is 4.74 Å². The van der Waals surface area contributed by atoms with Gasteiger partial charge >= 0.3 is 0 Å². The Hall–Kier alpha value is -2.27. The fourth-order valence-corrected chi connectivity index (χ4v) is 4.12. The SMILES string of the molecule is CC1=C(CN2CCC2)CCc2cc(OCCCc3ccc(F)c(F)c3F)ccc21. The zero-order valence-electron chi connectivity index (χ0n) is 16.7. The number of rotatable bonds is 7. The number of allylic oxidation sites excluding steroid dienone is 1. The predicted octanol–water partition coefficient (Wildman–Crippen LogP) is 5.54. The van der Waals surface area contributed by atoms with E-state index in [1.54, 1.807) is 5.57 Å². The summed E-state index contributed by atoms with van der Waals surface area (Å²) in [7, 11) is 0. The van der Waals surface area contributed by atoms with Gasteiger partial charge in [-0.2, -0.15) is 0 Å². The summed E-state index contributed by atoms with van der Waals surface area (Å²) >= 11 is 0.